The second-order valence-corrected chi connectivity index (χ2v) is 5.60. The highest BCUT2D eigenvalue weighted by atomic mass is 32.2. The van der Waals surface area contributed by atoms with Crippen molar-refractivity contribution >= 4 is 17.4 Å². The molecule has 0 bridgehead atoms. The molecule has 0 atom stereocenters. The van der Waals surface area contributed by atoms with Crippen LogP contribution in [0.4, 0.5) is 5.69 Å². The number of aryl methyl sites for hydroxylation is 2. The number of nitrogen functional groups attached to an aromatic ring is 1. The van der Waals surface area contributed by atoms with Gasteiger partial charge in [0.2, 0.25) is 5.88 Å². The van der Waals surface area contributed by atoms with Gasteiger partial charge in [-0.2, -0.15) is 5.10 Å². The number of aromatic nitrogens is 3. The van der Waals surface area contributed by atoms with Crippen molar-refractivity contribution in [2.75, 3.05) is 5.73 Å². The summed E-state index contributed by atoms with van der Waals surface area (Å²) in [6, 6.07) is 5.72. The van der Waals surface area contributed by atoms with E-state index >= 15 is 0 Å². The minimum absolute atomic E-state index is 0.0500. The molecule has 102 valence electrons. The van der Waals surface area contributed by atoms with Gasteiger partial charge in [0.15, 0.2) is 0 Å². The maximum Gasteiger partial charge on any atom is 0.238 e. The summed E-state index contributed by atoms with van der Waals surface area (Å²) >= 11 is 1.54. The van der Waals surface area contributed by atoms with Crippen LogP contribution in [0, 0.1) is 6.92 Å². The molecule has 0 unspecified atom stereocenters. The molecule has 2 heterocycles. The maximum absolute atomic E-state index is 5.85. The predicted octanol–water partition coefficient (Wildman–Crippen LogP) is 2.64. The van der Waals surface area contributed by atoms with E-state index in [1.54, 1.807) is 0 Å². The van der Waals surface area contributed by atoms with Crippen molar-refractivity contribution in [1.82, 2.24) is 14.8 Å². The summed E-state index contributed by atoms with van der Waals surface area (Å²) in [5.74, 6) is 0.485. The number of hydrogen-bond acceptors (Lipinski definition) is 5. The van der Waals surface area contributed by atoms with Crippen molar-refractivity contribution in [3.8, 4) is 5.88 Å². The fraction of sp³-hybridized carbons (Fsp3) is 0.385. The largest absolute Gasteiger partial charge is 0.473 e. The number of pyridine rings is 1. The SMILES string of the molecule is Cc1cc(Sc2ccc(N)c(OC(C)C)n2)n(C)n1. The molecule has 2 aromatic rings. The third kappa shape index (κ3) is 3.41. The zero-order valence-corrected chi connectivity index (χ0v) is 12.4. The molecule has 0 aliphatic heterocycles. The lowest BCUT2D eigenvalue weighted by Crippen LogP contribution is -2.09. The second kappa shape index (κ2) is 5.52. The summed E-state index contributed by atoms with van der Waals surface area (Å²) in [5, 5.41) is 6.18. The maximum atomic E-state index is 5.85. The van der Waals surface area contributed by atoms with E-state index in [2.05, 4.69) is 10.1 Å². The molecule has 19 heavy (non-hydrogen) atoms. The van der Waals surface area contributed by atoms with E-state index < -0.39 is 0 Å². The predicted molar refractivity (Wildman–Crippen MR) is 76.5 cm³/mol. The molecule has 0 aliphatic carbocycles. The zero-order valence-electron chi connectivity index (χ0n) is 11.5. The number of anilines is 1. The molecule has 2 rings (SSSR count). The molecule has 2 aromatic heterocycles. The van der Waals surface area contributed by atoms with Crippen LogP contribution in [0.3, 0.4) is 0 Å². The van der Waals surface area contributed by atoms with Crippen molar-refractivity contribution in [1.29, 1.82) is 0 Å². The van der Waals surface area contributed by atoms with Gasteiger partial charge in [0.1, 0.15) is 10.1 Å². The van der Waals surface area contributed by atoms with Gasteiger partial charge in [0, 0.05) is 7.05 Å². The first-order valence-electron chi connectivity index (χ1n) is 6.07. The second-order valence-electron chi connectivity index (χ2n) is 4.56. The van der Waals surface area contributed by atoms with Crippen LogP contribution in [0.25, 0.3) is 0 Å². The van der Waals surface area contributed by atoms with E-state index in [9.17, 15) is 0 Å². The molecule has 0 radical (unpaired) electrons. The average molecular weight is 278 g/mol. The Morgan fingerprint density at radius 2 is 2.11 bits per heavy atom. The van der Waals surface area contributed by atoms with Crippen molar-refractivity contribution in [2.45, 2.75) is 36.9 Å². The minimum Gasteiger partial charge on any atom is -0.473 e. The summed E-state index contributed by atoms with van der Waals surface area (Å²) in [6.45, 7) is 5.87. The van der Waals surface area contributed by atoms with Gasteiger partial charge in [-0.1, -0.05) is 11.8 Å². The van der Waals surface area contributed by atoms with Crippen molar-refractivity contribution < 1.29 is 4.74 Å². The summed E-state index contributed by atoms with van der Waals surface area (Å²) in [5.41, 5.74) is 7.39. The summed E-state index contributed by atoms with van der Waals surface area (Å²) in [7, 11) is 1.91. The Morgan fingerprint density at radius 3 is 2.68 bits per heavy atom. The smallest absolute Gasteiger partial charge is 0.238 e. The van der Waals surface area contributed by atoms with Crippen LogP contribution in [-0.4, -0.2) is 20.9 Å². The molecular formula is C13H18N4OS. The van der Waals surface area contributed by atoms with Crippen molar-refractivity contribution in [3.63, 3.8) is 0 Å². The van der Waals surface area contributed by atoms with Gasteiger partial charge in [-0.25, -0.2) is 4.98 Å². The van der Waals surface area contributed by atoms with Crippen molar-refractivity contribution in [3.05, 3.63) is 23.9 Å². The fourth-order valence-corrected chi connectivity index (χ4v) is 2.48. The van der Waals surface area contributed by atoms with E-state index in [1.165, 1.54) is 11.8 Å². The Balaban J connectivity index is 2.23. The average Bonchev–Trinajstić information content (AvgIpc) is 2.61. The van der Waals surface area contributed by atoms with Gasteiger partial charge in [-0.3, -0.25) is 4.68 Å². The monoisotopic (exact) mass is 278 g/mol. The Morgan fingerprint density at radius 1 is 1.37 bits per heavy atom. The van der Waals surface area contributed by atoms with Gasteiger partial charge < -0.3 is 10.5 Å². The molecule has 0 aromatic carbocycles. The third-order valence-electron chi connectivity index (χ3n) is 2.38. The summed E-state index contributed by atoms with van der Waals surface area (Å²) < 4.78 is 7.42. The highest BCUT2D eigenvalue weighted by Gasteiger charge is 2.10. The Labute approximate surface area is 117 Å². The van der Waals surface area contributed by atoms with Crippen molar-refractivity contribution in [2.24, 2.45) is 7.05 Å². The normalized spacial score (nSPS) is 11.0. The molecule has 0 saturated heterocycles. The molecule has 0 spiro atoms. The van der Waals surface area contributed by atoms with E-state index in [0.29, 0.717) is 11.6 Å². The molecule has 0 aliphatic rings. The first-order valence-corrected chi connectivity index (χ1v) is 6.89. The van der Waals surface area contributed by atoms with Crippen LogP contribution in [0.1, 0.15) is 19.5 Å². The van der Waals surface area contributed by atoms with Gasteiger partial charge >= 0.3 is 0 Å². The Bertz CT molecular complexity index is 580. The van der Waals surface area contributed by atoms with Crippen LogP contribution in [0.5, 0.6) is 5.88 Å². The van der Waals surface area contributed by atoms with Crippen LogP contribution in [-0.2, 0) is 7.05 Å². The van der Waals surface area contributed by atoms with Gasteiger partial charge in [-0.05, 0) is 39.0 Å². The van der Waals surface area contributed by atoms with E-state index in [1.807, 2.05) is 50.7 Å². The van der Waals surface area contributed by atoms with E-state index in [4.69, 9.17) is 10.5 Å². The quantitative estimate of drug-likeness (QED) is 0.931. The van der Waals surface area contributed by atoms with E-state index in [-0.39, 0.29) is 6.10 Å². The Kier molecular flexibility index (Phi) is 3.99. The molecule has 0 amide bonds. The fourth-order valence-electron chi connectivity index (χ4n) is 1.60. The first-order chi connectivity index (χ1) is 8.95. The lowest BCUT2D eigenvalue weighted by atomic mass is 10.4. The van der Waals surface area contributed by atoms with Crippen LogP contribution in [0.2, 0.25) is 0 Å². The number of ether oxygens (including phenoxy) is 1. The minimum atomic E-state index is 0.0500. The highest BCUT2D eigenvalue weighted by Crippen LogP contribution is 2.30. The zero-order chi connectivity index (χ0) is 14.0. The molecule has 0 fully saturated rings. The van der Waals surface area contributed by atoms with Gasteiger partial charge in [0.05, 0.1) is 17.5 Å². The summed E-state index contributed by atoms with van der Waals surface area (Å²) in [4.78, 5) is 4.43. The standard InChI is InChI=1S/C13H18N4OS/c1-8(2)18-13-10(14)5-6-11(15-13)19-12-7-9(3)16-17(12)4/h5-8H,14H2,1-4H3. The first kappa shape index (κ1) is 13.7. The molecular weight excluding hydrogens is 260 g/mol. The van der Waals surface area contributed by atoms with E-state index in [0.717, 1.165) is 15.7 Å². The van der Waals surface area contributed by atoms with Gasteiger partial charge in [-0.15, -0.1) is 0 Å². The third-order valence-corrected chi connectivity index (χ3v) is 3.41. The molecule has 5 nitrogen and oxygen atoms in total. The van der Waals surface area contributed by atoms with Crippen LogP contribution in [0.15, 0.2) is 28.3 Å². The molecule has 6 heteroatoms. The number of nitrogens with zero attached hydrogens (tertiary/aromatic N) is 3. The highest BCUT2D eigenvalue weighted by molar-refractivity contribution is 7.99. The van der Waals surface area contributed by atoms with Gasteiger partial charge in [0.25, 0.3) is 0 Å². The van der Waals surface area contributed by atoms with Crippen LogP contribution < -0.4 is 10.5 Å². The lowest BCUT2D eigenvalue weighted by Gasteiger charge is -2.11. The topological polar surface area (TPSA) is 66.0 Å². The lowest BCUT2D eigenvalue weighted by molar-refractivity contribution is 0.232. The number of hydrogen-bond donors (Lipinski definition) is 1. The molecule has 0 saturated carbocycles. The summed E-state index contributed by atoms with van der Waals surface area (Å²) in [6.07, 6.45) is 0.0500. The number of rotatable bonds is 4. The Hall–Kier alpha value is -1.69. The van der Waals surface area contributed by atoms with Crippen LogP contribution >= 0.6 is 11.8 Å². The number of nitrogens with two attached hydrogens (primary N) is 1. The molecule has 2 N–H and O–H groups in total.